The van der Waals surface area contributed by atoms with Crippen LogP contribution >= 0.6 is 15.9 Å². The van der Waals surface area contributed by atoms with Crippen LogP contribution in [0.4, 0.5) is 0 Å². The van der Waals surface area contributed by atoms with Crippen molar-refractivity contribution in [3.05, 3.63) is 22.2 Å². The second-order valence-corrected chi connectivity index (χ2v) is 4.66. The van der Waals surface area contributed by atoms with E-state index in [-0.39, 0.29) is 6.04 Å². The molecule has 1 atom stereocenters. The Kier molecular flexibility index (Phi) is 4.25. The van der Waals surface area contributed by atoms with E-state index in [1.165, 1.54) is 0 Å². The van der Waals surface area contributed by atoms with Crippen LogP contribution in [-0.2, 0) is 4.74 Å². The number of rotatable bonds is 3. The zero-order valence-corrected chi connectivity index (χ0v) is 11.5. The van der Waals surface area contributed by atoms with Gasteiger partial charge >= 0.3 is 0 Å². The van der Waals surface area contributed by atoms with Gasteiger partial charge in [0.05, 0.1) is 33.5 Å². The molecule has 0 aliphatic carbocycles. The smallest absolute Gasteiger partial charge is 0.161 e. The van der Waals surface area contributed by atoms with Crippen LogP contribution in [0.2, 0.25) is 0 Å². The van der Waals surface area contributed by atoms with Crippen molar-refractivity contribution in [2.75, 3.05) is 34.0 Å². The lowest BCUT2D eigenvalue weighted by Gasteiger charge is -2.25. The molecular weight excluding hydrogens is 286 g/mol. The number of methoxy groups -OCH3 is 2. The van der Waals surface area contributed by atoms with Gasteiger partial charge in [-0.3, -0.25) is 0 Å². The molecule has 5 heteroatoms. The van der Waals surface area contributed by atoms with Crippen LogP contribution in [0, 0.1) is 0 Å². The van der Waals surface area contributed by atoms with Crippen molar-refractivity contribution in [1.29, 1.82) is 0 Å². The topological polar surface area (TPSA) is 39.7 Å². The first kappa shape index (κ1) is 12.7. The Labute approximate surface area is 109 Å². The van der Waals surface area contributed by atoms with E-state index in [0.29, 0.717) is 6.61 Å². The van der Waals surface area contributed by atoms with Gasteiger partial charge in [-0.15, -0.1) is 0 Å². The molecule has 1 aromatic rings. The summed E-state index contributed by atoms with van der Waals surface area (Å²) in [7, 11) is 3.27. The highest BCUT2D eigenvalue weighted by Crippen LogP contribution is 2.36. The molecule has 0 radical (unpaired) electrons. The first-order chi connectivity index (χ1) is 8.26. The summed E-state index contributed by atoms with van der Waals surface area (Å²) in [6.45, 7) is 2.31. The first-order valence-electron chi connectivity index (χ1n) is 5.48. The Hall–Kier alpha value is -0.780. The van der Waals surface area contributed by atoms with Crippen molar-refractivity contribution in [1.82, 2.24) is 5.32 Å². The van der Waals surface area contributed by atoms with Gasteiger partial charge in [0.2, 0.25) is 0 Å². The zero-order valence-electron chi connectivity index (χ0n) is 9.96. The highest BCUT2D eigenvalue weighted by Gasteiger charge is 2.20. The number of halogens is 1. The summed E-state index contributed by atoms with van der Waals surface area (Å²) in [5.41, 5.74) is 1.13. The molecule has 2 rings (SSSR count). The molecule has 4 nitrogen and oxygen atoms in total. The number of benzene rings is 1. The fourth-order valence-electron chi connectivity index (χ4n) is 1.90. The molecule has 1 aliphatic heterocycles. The molecule has 17 heavy (non-hydrogen) atoms. The lowest BCUT2D eigenvalue weighted by Crippen LogP contribution is -2.34. The van der Waals surface area contributed by atoms with Crippen LogP contribution in [0.5, 0.6) is 11.5 Å². The standard InChI is InChI=1S/C12H16BrNO3/c1-15-11-5-8(9(13)6-12(11)16-2)10-7-17-4-3-14-10/h5-6,10,14H,3-4,7H2,1-2H3/t10-/m1/s1. The number of hydrogen-bond acceptors (Lipinski definition) is 4. The van der Waals surface area contributed by atoms with E-state index in [0.717, 1.165) is 34.7 Å². The maximum absolute atomic E-state index is 5.47. The van der Waals surface area contributed by atoms with E-state index in [2.05, 4.69) is 21.2 Å². The second kappa shape index (κ2) is 5.71. The van der Waals surface area contributed by atoms with Crippen molar-refractivity contribution < 1.29 is 14.2 Å². The SMILES string of the molecule is COc1cc(Br)c([C@H]2COCCN2)cc1OC. The molecule has 0 bridgehead atoms. The Morgan fingerprint density at radius 3 is 2.59 bits per heavy atom. The van der Waals surface area contributed by atoms with Gasteiger partial charge in [-0.2, -0.15) is 0 Å². The predicted molar refractivity (Wildman–Crippen MR) is 68.8 cm³/mol. The van der Waals surface area contributed by atoms with Crippen LogP contribution in [0.15, 0.2) is 16.6 Å². The Bertz CT molecular complexity index is 392. The van der Waals surface area contributed by atoms with Crippen molar-refractivity contribution in [2.45, 2.75) is 6.04 Å². The quantitative estimate of drug-likeness (QED) is 0.928. The van der Waals surface area contributed by atoms with Crippen molar-refractivity contribution in [2.24, 2.45) is 0 Å². The molecule has 0 spiro atoms. The van der Waals surface area contributed by atoms with Crippen LogP contribution in [0.1, 0.15) is 11.6 Å². The molecule has 1 saturated heterocycles. The summed E-state index contributed by atoms with van der Waals surface area (Å²) in [5, 5.41) is 3.41. The van der Waals surface area contributed by atoms with Crippen LogP contribution in [0.3, 0.4) is 0 Å². The molecule has 1 aliphatic rings. The second-order valence-electron chi connectivity index (χ2n) is 3.81. The average molecular weight is 302 g/mol. The fraction of sp³-hybridized carbons (Fsp3) is 0.500. The minimum atomic E-state index is 0.193. The molecule has 94 valence electrons. The van der Waals surface area contributed by atoms with E-state index in [9.17, 15) is 0 Å². The average Bonchev–Trinajstić information content (AvgIpc) is 2.39. The molecule has 1 fully saturated rings. The Balaban J connectivity index is 2.32. The first-order valence-corrected chi connectivity index (χ1v) is 6.28. The molecular formula is C12H16BrNO3. The third-order valence-corrected chi connectivity index (χ3v) is 3.49. The number of hydrogen-bond donors (Lipinski definition) is 1. The minimum absolute atomic E-state index is 0.193. The van der Waals surface area contributed by atoms with E-state index in [1.807, 2.05) is 12.1 Å². The summed E-state index contributed by atoms with van der Waals surface area (Å²) in [6.07, 6.45) is 0. The summed E-state index contributed by atoms with van der Waals surface area (Å²) in [4.78, 5) is 0. The maximum Gasteiger partial charge on any atom is 0.161 e. The summed E-state index contributed by atoms with van der Waals surface area (Å²) in [5.74, 6) is 1.46. The monoisotopic (exact) mass is 301 g/mol. The summed E-state index contributed by atoms with van der Waals surface area (Å²) >= 11 is 3.56. The van der Waals surface area contributed by atoms with Gasteiger partial charge in [-0.1, -0.05) is 15.9 Å². The lowest BCUT2D eigenvalue weighted by molar-refractivity contribution is 0.0766. The molecule has 0 unspecified atom stereocenters. The van der Waals surface area contributed by atoms with Gasteiger partial charge in [-0.05, 0) is 17.7 Å². The molecule has 1 aromatic carbocycles. The number of ether oxygens (including phenoxy) is 3. The van der Waals surface area contributed by atoms with Crippen molar-refractivity contribution in [3.63, 3.8) is 0 Å². The van der Waals surface area contributed by atoms with Gasteiger partial charge in [0, 0.05) is 11.0 Å². The Morgan fingerprint density at radius 2 is 2.00 bits per heavy atom. The number of morpholine rings is 1. The highest BCUT2D eigenvalue weighted by atomic mass is 79.9. The summed E-state index contributed by atoms with van der Waals surface area (Å²) in [6, 6.07) is 4.10. The minimum Gasteiger partial charge on any atom is -0.493 e. The third kappa shape index (κ3) is 2.73. The summed E-state index contributed by atoms with van der Waals surface area (Å²) < 4.78 is 17.0. The predicted octanol–water partition coefficient (Wildman–Crippen LogP) is 2.13. The molecule has 1 N–H and O–H groups in total. The molecule has 0 amide bonds. The van der Waals surface area contributed by atoms with Crippen LogP contribution in [-0.4, -0.2) is 34.0 Å². The van der Waals surface area contributed by atoms with Gasteiger partial charge in [0.25, 0.3) is 0 Å². The molecule has 0 aromatic heterocycles. The van der Waals surface area contributed by atoms with E-state index >= 15 is 0 Å². The Morgan fingerprint density at radius 1 is 1.29 bits per heavy atom. The van der Waals surface area contributed by atoms with E-state index in [4.69, 9.17) is 14.2 Å². The normalized spacial score (nSPS) is 20.1. The number of nitrogens with one attached hydrogen (secondary N) is 1. The van der Waals surface area contributed by atoms with E-state index < -0.39 is 0 Å². The highest BCUT2D eigenvalue weighted by molar-refractivity contribution is 9.10. The molecule has 1 heterocycles. The van der Waals surface area contributed by atoms with Crippen molar-refractivity contribution >= 4 is 15.9 Å². The largest absolute Gasteiger partial charge is 0.493 e. The van der Waals surface area contributed by atoms with Crippen molar-refractivity contribution in [3.8, 4) is 11.5 Å². The van der Waals surface area contributed by atoms with E-state index in [1.54, 1.807) is 14.2 Å². The van der Waals surface area contributed by atoms with Gasteiger partial charge in [0.15, 0.2) is 11.5 Å². The van der Waals surface area contributed by atoms with Gasteiger partial charge in [0.1, 0.15) is 0 Å². The van der Waals surface area contributed by atoms with Gasteiger partial charge < -0.3 is 19.5 Å². The maximum atomic E-state index is 5.47. The molecule has 0 saturated carbocycles. The lowest BCUT2D eigenvalue weighted by atomic mass is 10.1. The third-order valence-electron chi connectivity index (χ3n) is 2.80. The zero-order chi connectivity index (χ0) is 12.3. The van der Waals surface area contributed by atoms with Gasteiger partial charge in [-0.25, -0.2) is 0 Å². The van der Waals surface area contributed by atoms with Crippen LogP contribution < -0.4 is 14.8 Å². The van der Waals surface area contributed by atoms with Crippen LogP contribution in [0.25, 0.3) is 0 Å². The fourth-order valence-corrected chi connectivity index (χ4v) is 2.50.